The molecular formula is C13H13FN2O2S. The number of benzene rings is 1. The fourth-order valence-corrected chi connectivity index (χ4v) is 2.19. The quantitative estimate of drug-likeness (QED) is 0.826. The molecule has 1 amide bonds. The Morgan fingerprint density at radius 2 is 2.26 bits per heavy atom. The predicted octanol–water partition coefficient (Wildman–Crippen LogP) is 2.87. The largest absolute Gasteiger partial charge is 0.468 e. The van der Waals surface area contributed by atoms with Gasteiger partial charge in [-0.05, 0) is 30.3 Å². The Bertz CT molecular complexity index is 558. The third-order valence-electron chi connectivity index (χ3n) is 2.35. The van der Waals surface area contributed by atoms with E-state index in [1.165, 1.54) is 30.0 Å². The van der Waals surface area contributed by atoms with Gasteiger partial charge in [0.2, 0.25) is 5.91 Å². The van der Waals surface area contributed by atoms with Crippen molar-refractivity contribution in [3.63, 3.8) is 0 Å². The molecule has 0 bridgehead atoms. The van der Waals surface area contributed by atoms with E-state index in [9.17, 15) is 9.18 Å². The molecule has 1 aromatic heterocycles. The molecule has 0 aliphatic heterocycles. The molecule has 4 nitrogen and oxygen atoms in total. The van der Waals surface area contributed by atoms with Crippen LogP contribution in [0.5, 0.6) is 0 Å². The Labute approximate surface area is 114 Å². The summed E-state index contributed by atoms with van der Waals surface area (Å²) in [5.74, 6) is 1.00. The van der Waals surface area contributed by atoms with Crippen LogP contribution in [0.1, 0.15) is 5.76 Å². The maximum atomic E-state index is 13.0. The Morgan fingerprint density at radius 1 is 1.42 bits per heavy atom. The summed E-state index contributed by atoms with van der Waals surface area (Å²) < 4.78 is 18.2. The van der Waals surface area contributed by atoms with E-state index in [4.69, 9.17) is 10.2 Å². The minimum absolute atomic E-state index is 0.228. The average molecular weight is 280 g/mol. The summed E-state index contributed by atoms with van der Waals surface area (Å²) in [6, 6.07) is 7.50. The van der Waals surface area contributed by atoms with E-state index in [2.05, 4.69) is 5.32 Å². The molecular weight excluding hydrogens is 267 g/mol. The minimum atomic E-state index is -0.437. The van der Waals surface area contributed by atoms with E-state index >= 15 is 0 Å². The molecule has 1 heterocycles. The third kappa shape index (κ3) is 4.03. The number of hydrogen-bond donors (Lipinski definition) is 2. The number of nitrogen functional groups attached to an aromatic ring is 1. The van der Waals surface area contributed by atoms with Crippen molar-refractivity contribution in [1.82, 2.24) is 0 Å². The highest BCUT2D eigenvalue weighted by atomic mass is 32.2. The Balaban J connectivity index is 1.82. The second-order valence-corrected chi connectivity index (χ2v) is 4.84. The summed E-state index contributed by atoms with van der Waals surface area (Å²) in [6.07, 6.45) is 1.59. The Hall–Kier alpha value is -1.95. The van der Waals surface area contributed by atoms with Crippen molar-refractivity contribution in [3.8, 4) is 0 Å². The number of amides is 1. The van der Waals surface area contributed by atoms with E-state index in [0.717, 1.165) is 5.76 Å². The second-order valence-electron chi connectivity index (χ2n) is 3.85. The topological polar surface area (TPSA) is 68.3 Å². The summed E-state index contributed by atoms with van der Waals surface area (Å²) in [5, 5.41) is 2.58. The van der Waals surface area contributed by atoms with Gasteiger partial charge in [0.25, 0.3) is 0 Å². The summed E-state index contributed by atoms with van der Waals surface area (Å²) in [7, 11) is 0. The number of anilines is 2. The van der Waals surface area contributed by atoms with Gasteiger partial charge in [-0.3, -0.25) is 4.79 Å². The first-order valence-corrected chi connectivity index (χ1v) is 6.75. The first-order chi connectivity index (χ1) is 9.15. The summed E-state index contributed by atoms with van der Waals surface area (Å²) in [5.41, 5.74) is 6.27. The van der Waals surface area contributed by atoms with Crippen molar-refractivity contribution in [1.29, 1.82) is 0 Å². The highest BCUT2D eigenvalue weighted by Gasteiger charge is 2.07. The second kappa shape index (κ2) is 6.29. The molecule has 1 aromatic carbocycles. The van der Waals surface area contributed by atoms with Crippen molar-refractivity contribution < 1.29 is 13.6 Å². The van der Waals surface area contributed by atoms with Crippen molar-refractivity contribution in [2.24, 2.45) is 0 Å². The van der Waals surface area contributed by atoms with Crippen LogP contribution < -0.4 is 11.1 Å². The van der Waals surface area contributed by atoms with E-state index in [-0.39, 0.29) is 11.7 Å². The number of hydrogen-bond acceptors (Lipinski definition) is 4. The van der Waals surface area contributed by atoms with E-state index in [0.29, 0.717) is 17.1 Å². The smallest absolute Gasteiger partial charge is 0.234 e. The number of rotatable bonds is 5. The summed E-state index contributed by atoms with van der Waals surface area (Å²) in [6.45, 7) is 0. The average Bonchev–Trinajstić information content (AvgIpc) is 2.87. The minimum Gasteiger partial charge on any atom is -0.468 e. The Kier molecular flexibility index (Phi) is 4.46. The first kappa shape index (κ1) is 13.5. The lowest BCUT2D eigenvalue weighted by Gasteiger charge is -2.07. The van der Waals surface area contributed by atoms with Gasteiger partial charge in [-0.25, -0.2) is 4.39 Å². The van der Waals surface area contributed by atoms with Crippen LogP contribution in [0, 0.1) is 5.82 Å². The number of nitrogens with one attached hydrogen (secondary N) is 1. The van der Waals surface area contributed by atoms with Gasteiger partial charge < -0.3 is 15.5 Å². The number of halogens is 1. The van der Waals surface area contributed by atoms with Crippen molar-refractivity contribution in [3.05, 3.63) is 48.2 Å². The highest BCUT2D eigenvalue weighted by molar-refractivity contribution is 7.99. The molecule has 0 aliphatic carbocycles. The van der Waals surface area contributed by atoms with Gasteiger partial charge in [0.15, 0.2) is 0 Å². The zero-order valence-corrected chi connectivity index (χ0v) is 10.9. The third-order valence-corrected chi connectivity index (χ3v) is 3.30. The molecule has 2 rings (SSSR count). The lowest BCUT2D eigenvalue weighted by atomic mass is 10.2. The maximum Gasteiger partial charge on any atom is 0.234 e. The number of furan rings is 1. The van der Waals surface area contributed by atoms with Crippen LogP contribution in [0.4, 0.5) is 15.8 Å². The normalized spacial score (nSPS) is 10.4. The molecule has 0 spiro atoms. The first-order valence-electron chi connectivity index (χ1n) is 5.60. The van der Waals surface area contributed by atoms with Crippen LogP contribution in [0.2, 0.25) is 0 Å². The van der Waals surface area contributed by atoms with Gasteiger partial charge in [-0.2, -0.15) is 0 Å². The summed E-state index contributed by atoms with van der Waals surface area (Å²) >= 11 is 1.41. The molecule has 3 N–H and O–H groups in total. The number of nitrogens with two attached hydrogens (primary N) is 1. The van der Waals surface area contributed by atoms with Crippen LogP contribution in [0.15, 0.2) is 41.0 Å². The Morgan fingerprint density at radius 3 is 3.00 bits per heavy atom. The zero-order chi connectivity index (χ0) is 13.7. The van der Waals surface area contributed by atoms with Gasteiger partial charge in [-0.15, -0.1) is 11.8 Å². The number of thioether (sulfide) groups is 1. The van der Waals surface area contributed by atoms with Gasteiger partial charge in [0, 0.05) is 0 Å². The standard InChI is InChI=1S/C13H13FN2O2S/c14-9-3-4-11(15)12(6-9)16-13(17)8-19-7-10-2-1-5-18-10/h1-6H,7-8,15H2,(H,16,17). The van der Waals surface area contributed by atoms with E-state index < -0.39 is 5.82 Å². The molecule has 19 heavy (non-hydrogen) atoms. The fraction of sp³-hybridized carbons (Fsp3) is 0.154. The molecule has 0 saturated heterocycles. The molecule has 0 saturated carbocycles. The lowest BCUT2D eigenvalue weighted by molar-refractivity contribution is -0.113. The molecule has 0 unspecified atom stereocenters. The molecule has 6 heteroatoms. The maximum absolute atomic E-state index is 13.0. The lowest BCUT2D eigenvalue weighted by Crippen LogP contribution is -2.15. The van der Waals surface area contributed by atoms with Crippen LogP contribution in [0.25, 0.3) is 0 Å². The monoisotopic (exact) mass is 280 g/mol. The number of carbonyl (C=O) groups excluding carboxylic acids is 1. The van der Waals surface area contributed by atoms with Gasteiger partial charge in [-0.1, -0.05) is 0 Å². The molecule has 0 fully saturated rings. The van der Waals surface area contributed by atoms with Crippen LogP contribution in [-0.2, 0) is 10.5 Å². The highest BCUT2D eigenvalue weighted by Crippen LogP contribution is 2.20. The van der Waals surface area contributed by atoms with Gasteiger partial charge >= 0.3 is 0 Å². The van der Waals surface area contributed by atoms with Crippen LogP contribution >= 0.6 is 11.8 Å². The molecule has 2 aromatic rings. The van der Waals surface area contributed by atoms with E-state index in [1.807, 2.05) is 6.07 Å². The predicted molar refractivity (Wildman–Crippen MR) is 74.3 cm³/mol. The van der Waals surface area contributed by atoms with Crippen LogP contribution in [0.3, 0.4) is 0 Å². The SMILES string of the molecule is Nc1ccc(F)cc1NC(=O)CSCc1ccco1. The molecule has 0 atom stereocenters. The van der Waals surface area contributed by atoms with Gasteiger partial charge in [0.05, 0.1) is 29.1 Å². The van der Waals surface area contributed by atoms with E-state index in [1.54, 1.807) is 12.3 Å². The molecule has 100 valence electrons. The number of carbonyl (C=O) groups is 1. The molecule has 0 radical (unpaired) electrons. The van der Waals surface area contributed by atoms with Crippen molar-refractivity contribution in [2.45, 2.75) is 5.75 Å². The fourth-order valence-electron chi connectivity index (χ4n) is 1.46. The van der Waals surface area contributed by atoms with Gasteiger partial charge in [0.1, 0.15) is 11.6 Å². The van der Waals surface area contributed by atoms with Crippen molar-refractivity contribution >= 4 is 29.0 Å². The van der Waals surface area contributed by atoms with Crippen molar-refractivity contribution in [2.75, 3.05) is 16.8 Å². The molecule has 0 aliphatic rings. The zero-order valence-electron chi connectivity index (χ0n) is 10.1. The van der Waals surface area contributed by atoms with Crippen LogP contribution in [-0.4, -0.2) is 11.7 Å². The summed E-state index contributed by atoms with van der Waals surface area (Å²) in [4.78, 5) is 11.7.